The zero-order chi connectivity index (χ0) is 25.6. The van der Waals surface area contributed by atoms with Crippen LogP contribution in [0.1, 0.15) is 44.0 Å². The van der Waals surface area contributed by atoms with E-state index >= 15 is 0 Å². The average Bonchev–Trinajstić information content (AvgIpc) is 2.76. The SMILES string of the molecule is CCC(=O)N1C[C@@H](C)[C@H](OC)CN(C)C(=O)c2cc(NC(=O)CC(F)(F)F)ccc2OC[C@H]1C. The summed E-state index contributed by atoms with van der Waals surface area (Å²) in [6.07, 6.45) is -6.33. The molecule has 0 saturated heterocycles. The number of hydrogen-bond acceptors (Lipinski definition) is 5. The number of carbonyl (C=O) groups is 3. The van der Waals surface area contributed by atoms with E-state index in [1.807, 2.05) is 13.8 Å². The van der Waals surface area contributed by atoms with Crippen molar-refractivity contribution >= 4 is 23.4 Å². The molecule has 11 heteroatoms. The zero-order valence-electron chi connectivity index (χ0n) is 20.1. The molecule has 0 radical (unpaired) electrons. The van der Waals surface area contributed by atoms with E-state index in [1.165, 1.54) is 30.2 Å². The van der Waals surface area contributed by atoms with Gasteiger partial charge in [-0.1, -0.05) is 13.8 Å². The summed E-state index contributed by atoms with van der Waals surface area (Å²) in [6.45, 7) is 6.29. The van der Waals surface area contributed by atoms with Crippen molar-refractivity contribution in [1.82, 2.24) is 9.80 Å². The lowest BCUT2D eigenvalue weighted by atomic mass is 10.0. The van der Waals surface area contributed by atoms with Gasteiger partial charge in [-0.2, -0.15) is 13.2 Å². The number of carbonyl (C=O) groups excluding carboxylic acids is 3. The second-order valence-electron chi connectivity index (χ2n) is 8.55. The monoisotopic (exact) mass is 487 g/mol. The van der Waals surface area contributed by atoms with Gasteiger partial charge in [-0.25, -0.2) is 0 Å². The van der Waals surface area contributed by atoms with Crippen molar-refractivity contribution in [3.63, 3.8) is 0 Å². The molecule has 0 bridgehead atoms. The first-order valence-electron chi connectivity index (χ1n) is 11.1. The van der Waals surface area contributed by atoms with Gasteiger partial charge < -0.3 is 24.6 Å². The number of anilines is 1. The molecule has 8 nitrogen and oxygen atoms in total. The Balaban J connectivity index is 2.41. The number of alkyl halides is 3. The van der Waals surface area contributed by atoms with Crippen molar-refractivity contribution in [2.75, 3.05) is 39.2 Å². The van der Waals surface area contributed by atoms with Gasteiger partial charge >= 0.3 is 6.18 Å². The van der Waals surface area contributed by atoms with Crippen molar-refractivity contribution in [1.29, 1.82) is 0 Å². The molecule has 0 aromatic heterocycles. The van der Waals surface area contributed by atoms with Crippen LogP contribution in [0.15, 0.2) is 18.2 Å². The molecular formula is C23H32F3N3O5. The molecule has 1 aliphatic rings. The molecule has 34 heavy (non-hydrogen) atoms. The Kier molecular flexibility index (Phi) is 9.31. The van der Waals surface area contributed by atoms with E-state index < -0.39 is 24.4 Å². The Morgan fingerprint density at radius 3 is 2.50 bits per heavy atom. The lowest BCUT2D eigenvalue weighted by Crippen LogP contribution is -2.48. The topological polar surface area (TPSA) is 88.2 Å². The third-order valence-electron chi connectivity index (χ3n) is 5.71. The first-order chi connectivity index (χ1) is 15.9. The molecule has 3 atom stereocenters. The first kappa shape index (κ1) is 27.4. The predicted octanol–water partition coefficient (Wildman–Crippen LogP) is 3.32. The maximum Gasteiger partial charge on any atom is 0.397 e. The quantitative estimate of drug-likeness (QED) is 0.704. The van der Waals surface area contributed by atoms with Gasteiger partial charge in [-0.05, 0) is 25.1 Å². The summed E-state index contributed by atoms with van der Waals surface area (Å²) in [6, 6.07) is 3.77. The van der Waals surface area contributed by atoms with E-state index in [0.29, 0.717) is 13.0 Å². The third kappa shape index (κ3) is 7.34. The summed E-state index contributed by atoms with van der Waals surface area (Å²) in [7, 11) is 3.11. The minimum absolute atomic E-state index is 0.0396. The summed E-state index contributed by atoms with van der Waals surface area (Å²) in [4.78, 5) is 40.7. The summed E-state index contributed by atoms with van der Waals surface area (Å²) in [5, 5.41) is 2.17. The molecule has 190 valence electrons. The van der Waals surface area contributed by atoms with Crippen LogP contribution in [0.4, 0.5) is 18.9 Å². The number of benzene rings is 1. The number of nitrogens with one attached hydrogen (secondary N) is 1. The predicted molar refractivity (Wildman–Crippen MR) is 120 cm³/mol. The van der Waals surface area contributed by atoms with E-state index in [9.17, 15) is 27.6 Å². The van der Waals surface area contributed by atoms with Crippen LogP contribution in [-0.2, 0) is 14.3 Å². The number of amides is 3. The van der Waals surface area contributed by atoms with E-state index in [-0.39, 0.29) is 54.1 Å². The molecule has 1 aliphatic heterocycles. The molecule has 1 aromatic carbocycles. The van der Waals surface area contributed by atoms with Crippen LogP contribution >= 0.6 is 0 Å². The molecule has 1 aromatic rings. The molecule has 1 N–H and O–H groups in total. The van der Waals surface area contributed by atoms with Crippen molar-refractivity contribution in [3.05, 3.63) is 23.8 Å². The Morgan fingerprint density at radius 1 is 1.24 bits per heavy atom. The highest BCUT2D eigenvalue weighted by Crippen LogP contribution is 2.27. The fourth-order valence-electron chi connectivity index (χ4n) is 3.79. The molecule has 2 rings (SSSR count). The molecule has 0 spiro atoms. The highest BCUT2D eigenvalue weighted by atomic mass is 19.4. The number of likely N-dealkylation sites (N-methyl/N-ethyl adjacent to an activating group) is 1. The Bertz CT molecular complexity index is 893. The Labute approximate surface area is 197 Å². The summed E-state index contributed by atoms with van der Waals surface area (Å²) in [5.41, 5.74) is 0.119. The van der Waals surface area contributed by atoms with Gasteiger partial charge in [0.1, 0.15) is 18.8 Å². The molecule has 1 heterocycles. The third-order valence-corrected chi connectivity index (χ3v) is 5.71. The van der Waals surface area contributed by atoms with Gasteiger partial charge in [0.25, 0.3) is 5.91 Å². The molecule has 0 saturated carbocycles. The van der Waals surface area contributed by atoms with Gasteiger partial charge in [0.2, 0.25) is 11.8 Å². The van der Waals surface area contributed by atoms with Crippen LogP contribution in [0, 0.1) is 5.92 Å². The van der Waals surface area contributed by atoms with Crippen molar-refractivity contribution in [2.24, 2.45) is 5.92 Å². The lowest BCUT2D eigenvalue weighted by Gasteiger charge is -2.36. The van der Waals surface area contributed by atoms with Crippen LogP contribution in [-0.4, -0.2) is 79.7 Å². The lowest BCUT2D eigenvalue weighted by molar-refractivity contribution is -0.150. The standard InChI is InChI=1S/C23H32F3N3O5/c1-6-21(31)29-11-14(2)19(33-5)12-28(4)22(32)17-9-16(27-20(30)10-23(24,25)26)7-8-18(17)34-13-15(29)3/h7-9,14-15,19H,6,10-13H2,1-5H3,(H,27,30)/t14-,15-,19-/m1/s1. The highest BCUT2D eigenvalue weighted by Gasteiger charge is 2.32. The van der Waals surface area contributed by atoms with Gasteiger partial charge in [0.05, 0.1) is 17.7 Å². The van der Waals surface area contributed by atoms with E-state index in [4.69, 9.17) is 9.47 Å². The molecule has 0 unspecified atom stereocenters. The van der Waals surface area contributed by atoms with Crippen molar-refractivity contribution < 1.29 is 37.0 Å². The number of halogens is 3. The molecule has 0 fully saturated rings. The normalized spacial score (nSPS) is 22.2. The van der Waals surface area contributed by atoms with Crippen LogP contribution in [0.25, 0.3) is 0 Å². The minimum Gasteiger partial charge on any atom is -0.491 e. The van der Waals surface area contributed by atoms with Crippen molar-refractivity contribution in [2.45, 2.75) is 51.9 Å². The van der Waals surface area contributed by atoms with Gasteiger partial charge in [-0.3, -0.25) is 14.4 Å². The van der Waals surface area contributed by atoms with E-state index in [1.54, 1.807) is 18.9 Å². The van der Waals surface area contributed by atoms with Gasteiger partial charge in [0, 0.05) is 45.3 Å². The summed E-state index contributed by atoms with van der Waals surface area (Å²) in [5.74, 6) is -1.61. The van der Waals surface area contributed by atoms with Crippen LogP contribution in [0.2, 0.25) is 0 Å². The zero-order valence-corrected chi connectivity index (χ0v) is 20.1. The fraction of sp³-hybridized carbons (Fsp3) is 0.609. The summed E-state index contributed by atoms with van der Waals surface area (Å²) < 4.78 is 49.0. The largest absolute Gasteiger partial charge is 0.491 e. The van der Waals surface area contributed by atoms with Crippen LogP contribution in [0.5, 0.6) is 5.75 Å². The van der Waals surface area contributed by atoms with Crippen LogP contribution in [0.3, 0.4) is 0 Å². The summed E-state index contributed by atoms with van der Waals surface area (Å²) >= 11 is 0. The molecule has 3 amide bonds. The maximum atomic E-state index is 13.2. The van der Waals surface area contributed by atoms with E-state index in [0.717, 1.165) is 0 Å². The highest BCUT2D eigenvalue weighted by molar-refractivity contribution is 5.99. The van der Waals surface area contributed by atoms with Gasteiger partial charge in [0.15, 0.2) is 0 Å². The van der Waals surface area contributed by atoms with Crippen molar-refractivity contribution in [3.8, 4) is 5.75 Å². The molecule has 0 aliphatic carbocycles. The minimum atomic E-state index is -4.65. The van der Waals surface area contributed by atoms with Crippen LogP contribution < -0.4 is 10.1 Å². The number of ether oxygens (including phenoxy) is 2. The smallest absolute Gasteiger partial charge is 0.397 e. The Morgan fingerprint density at radius 2 is 1.91 bits per heavy atom. The van der Waals surface area contributed by atoms with Gasteiger partial charge in [-0.15, -0.1) is 0 Å². The maximum absolute atomic E-state index is 13.2. The molecular weight excluding hydrogens is 455 g/mol. The fourth-order valence-corrected chi connectivity index (χ4v) is 3.79. The second kappa shape index (κ2) is 11.5. The first-order valence-corrected chi connectivity index (χ1v) is 11.1. The number of methoxy groups -OCH3 is 1. The van der Waals surface area contributed by atoms with E-state index in [2.05, 4.69) is 5.32 Å². The number of hydrogen-bond donors (Lipinski definition) is 1. The average molecular weight is 488 g/mol. The number of fused-ring (bicyclic) bond motifs is 1. The number of rotatable bonds is 4. The Hall–Kier alpha value is -2.82. The second-order valence-corrected chi connectivity index (χ2v) is 8.55. The number of nitrogens with zero attached hydrogens (tertiary/aromatic N) is 2.